The zero-order valence-electron chi connectivity index (χ0n) is 21.9. The van der Waals surface area contributed by atoms with Crippen LogP contribution in [-0.2, 0) is 14.4 Å². The van der Waals surface area contributed by atoms with E-state index in [1.54, 1.807) is 48.0 Å². The molecule has 1 spiro atoms. The third kappa shape index (κ3) is 4.35. The molecule has 3 fully saturated rings. The summed E-state index contributed by atoms with van der Waals surface area (Å²) in [6.07, 6.45) is 2.17. The van der Waals surface area contributed by atoms with Crippen LogP contribution in [0.3, 0.4) is 0 Å². The summed E-state index contributed by atoms with van der Waals surface area (Å²) < 4.78 is 4.50. The molecule has 3 N–H and O–H groups in total. The number of methoxy groups -OCH3 is 1. The number of amides is 3. The molecule has 0 aromatic heterocycles. The molecule has 3 saturated heterocycles. The van der Waals surface area contributed by atoms with Crippen molar-refractivity contribution in [2.75, 3.05) is 24.4 Å². The van der Waals surface area contributed by atoms with E-state index in [4.69, 9.17) is 4.74 Å². The number of aliphatic hydroxyl groups is 1. The van der Waals surface area contributed by atoms with Gasteiger partial charge in [-0.15, -0.1) is 11.8 Å². The minimum absolute atomic E-state index is 0.0192. The van der Waals surface area contributed by atoms with Crippen LogP contribution in [0.25, 0.3) is 0 Å². The fourth-order valence-electron chi connectivity index (χ4n) is 6.49. The Morgan fingerprint density at radius 1 is 1.11 bits per heavy atom. The Kier molecular flexibility index (Phi) is 7.42. The topological polar surface area (TPSA) is 108 Å². The van der Waals surface area contributed by atoms with Crippen LogP contribution in [0, 0.1) is 17.8 Å². The normalized spacial score (nSPS) is 29.1. The highest BCUT2D eigenvalue weighted by molar-refractivity contribution is 8.02. The molecule has 3 aliphatic heterocycles. The maximum Gasteiger partial charge on any atom is 0.248 e. The number of benzene rings is 2. The van der Waals surface area contributed by atoms with Crippen molar-refractivity contribution in [3.05, 3.63) is 54.6 Å². The number of fused-ring (bicyclic) bond motifs is 1. The van der Waals surface area contributed by atoms with Crippen LogP contribution >= 0.6 is 11.8 Å². The van der Waals surface area contributed by atoms with Gasteiger partial charge in [-0.2, -0.15) is 0 Å². The average molecular weight is 538 g/mol. The summed E-state index contributed by atoms with van der Waals surface area (Å²) >= 11 is 1.62. The number of thioether (sulfide) groups is 1. The third-order valence-electron chi connectivity index (χ3n) is 8.53. The number of rotatable bonds is 9. The molecule has 3 aliphatic rings. The monoisotopic (exact) mass is 537 g/mol. The Bertz CT molecular complexity index is 1190. The van der Waals surface area contributed by atoms with E-state index in [0.29, 0.717) is 23.5 Å². The van der Waals surface area contributed by atoms with Gasteiger partial charge in [0.05, 0.1) is 36.3 Å². The molecule has 202 valence electrons. The molecular formula is C29H35N3O5S. The Balaban J connectivity index is 1.50. The van der Waals surface area contributed by atoms with E-state index in [0.717, 1.165) is 12.8 Å². The first-order valence-corrected chi connectivity index (χ1v) is 14.1. The second-order valence-electron chi connectivity index (χ2n) is 10.5. The van der Waals surface area contributed by atoms with E-state index < -0.39 is 28.7 Å². The molecule has 2 aromatic rings. The largest absolute Gasteiger partial charge is 0.497 e. The first kappa shape index (κ1) is 26.6. The highest BCUT2D eigenvalue weighted by atomic mass is 32.2. The summed E-state index contributed by atoms with van der Waals surface area (Å²) in [4.78, 5) is 43.5. The standard InChI is InChI=1S/C29H35N3O5S/c1-4-17(2)21(16-33)32-25(27(35)31-19-10-12-20(37-3)13-11-19)29-15-14-22(38-29)23(24(29)28(32)36)26(34)30-18-8-6-5-7-9-18/h5-13,17,21-25,33H,4,14-16H2,1-3H3,(H,30,34)(H,31,35)/t17-,21-,22-,23+,24-,25?,29?/m0/s1. The SMILES string of the molecule is CC[C@H](C)[C@H](CO)N1C(=O)[C@@H]2[C@H](C(=O)Nc3ccccc3)[C@@H]3CCC2(S3)C1C(=O)Nc1ccc(OC)cc1. The molecule has 3 amide bonds. The minimum atomic E-state index is -0.794. The minimum Gasteiger partial charge on any atom is -0.497 e. The average Bonchev–Trinajstić information content (AvgIpc) is 3.57. The maximum absolute atomic E-state index is 14.2. The van der Waals surface area contributed by atoms with E-state index in [-0.39, 0.29) is 35.5 Å². The van der Waals surface area contributed by atoms with Crippen LogP contribution in [0.5, 0.6) is 5.75 Å². The molecule has 2 aromatic carbocycles. The van der Waals surface area contributed by atoms with Crippen LogP contribution in [0.15, 0.2) is 54.6 Å². The molecule has 3 heterocycles. The zero-order chi connectivity index (χ0) is 27.0. The summed E-state index contributed by atoms with van der Waals surface area (Å²) in [6.45, 7) is 3.75. The quantitative estimate of drug-likeness (QED) is 0.450. The molecule has 7 atom stereocenters. The second-order valence-corrected chi connectivity index (χ2v) is 12.1. The summed E-state index contributed by atoms with van der Waals surface area (Å²) in [7, 11) is 1.58. The molecule has 5 rings (SSSR count). The predicted molar refractivity (Wildman–Crippen MR) is 148 cm³/mol. The van der Waals surface area contributed by atoms with E-state index in [9.17, 15) is 19.5 Å². The second kappa shape index (κ2) is 10.6. The fourth-order valence-corrected chi connectivity index (χ4v) is 8.70. The third-order valence-corrected chi connectivity index (χ3v) is 10.5. The number of hydrogen-bond acceptors (Lipinski definition) is 6. The summed E-state index contributed by atoms with van der Waals surface area (Å²) in [5.74, 6) is -1.19. The number of likely N-dealkylation sites (tertiary alicyclic amines) is 1. The molecule has 9 heteroatoms. The van der Waals surface area contributed by atoms with Crippen molar-refractivity contribution in [2.24, 2.45) is 17.8 Å². The molecule has 2 bridgehead atoms. The number of nitrogens with one attached hydrogen (secondary N) is 2. The Morgan fingerprint density at radius 2 is 1.76 bits per heavy atom. The van der Waals surface area contributed by atoms with Crippen molar-refractivity contribution in [2.45, 2.75) is 55.2 Å². The molecule has 38 heavy (non-hydrogen) atoms. The lowest BCUT2D eigenvalue weighted by atomic mass is 9.70. The Morgan fingerprint density at radius 3 is 2.39 bits per heavy atom. The van der Waals surface area contributed by atoms with Crippen molar-refractivity contribution in [3.63, 3.8) is 0 Å². The van der Waals surface area contributed by atoms with Gasteiger partial charge in [-0.05, 0) is 55.2 Å². The van der Waals surface area contributed by atoms with E-state index in [1.165, 1.54) is 0 Å². The van der Waals surface area contributed by atoms with Crippen molar-refractivity contribution in [1.29, 1.82) is 0 Å². The van der Waals surface area contributed by atoms with Crippen molar-refractivity contribution in [1.82, 2.24) is 4.90 Å². The predicted octanol–water partition coefficient (Wildman–Crippen LogP) is 3.77. The number of para-hydroxylation sites is 1. The summed E-state index contributed by atoms with van der Waals surface area (Å²) in [5, 5.41) is 16.4. The molecule has 0 saturated carbocycles. The lowest BCUT2D eigenvalue weighted by Crippen LogP contribution is -2.56. The van der Waals surface area contributed by atoms with Gasteiger partial charge in [0.25, 0.3) is 0 Å². The van der Waals surface area contributed by atoms with Gasteiger partial charge in [0.1, 0.15) is 11.8 Å². The number of carbonyl (C=O) groups is 3. The van der Waals surface area contributed by atoms with Crippen molar-refractivity contribution >= 4 is 40.9 Å². The molecular weight excluding hydrogens is 502 g/mol. The van der Waals surface area contributed by atoms with Gasteiger partial charge < -0.3 is 25.4 Å². The van der Waals surface area contributed by atoms with E-state index in [1.807, 2.05) is 44.2 Å². The first-order valence-electron chi connectivity index (χ1n) is 13.3. The Labute approximate surface area is 227 Å². The van der Waals surface area contributed by atoms with Gasteiger partial charge in [0.15, 0.2) is 0 Å². The van der Waals surface area contributed by atoms with Crippen molar-refractivity contribution < 1.29 is 24.2 Å². The Hall–Kier alpha value is -3.04. The number of ether oxygens (including phenoxy) is 1. The number of nitrogens with zero attached hydrogens (tertiary/aromatic N) is 1. The van der Waals surface area contributed by atoms with Gasteiger partial charge in [-0.3, -0.25) is 14.4 Å². The zero-order valence-corrected chi connectivity index (χ0v) is 22.7. The van der Waals surface area contributed by atoms with Crippen LogP contribution in [-0.4, -0.2) is 63.5 Å². The van der Waals surface area contributed by atoms with Crippen LogP contribution < -0.4 is 15.4 Å². The highest BCUT2D eigenvalue weighted by Crippen LogP contribution is 2.67. The van der Waals surface area contributed by atoms with E-state index >= 15 is 0 Å². The lowest BCUT2D eigenvalue weighted by molar-refractivity contribution is -0.142. The van der Waals surface area contributed by atoms with Crippen LogP contribution in [0.4, 0.5) is 11.4 Å². The smallest absolute Gasteiger partial charge is 0.248 e. The lowest BCUT2D eigenvalue weighted by Gasteiger charge is -2.39. The molecule has 2 unspecified atom stereocenters. The molecule has 0 aliphatic carbocycles. The summed E-state index contributed by atoms with van der Waals surface area (Å²) in [5.41, 5.74) is 1.28. The fraction of sp³-hybridized carbons (Fsp3) is 0.483. The highest BCUT2D eigenvalue weighted by Gasteiger charge is 2.74. The number of hydrogen-bond donors (Lipinski definition) is 3. The van der Waals surface area contributed by atoms with Crippen LogP contribution in [0.2, 0.25) is 0 Å². The van der Waals surface area contributed by atoms with Gasteiger partial charge >= 0.3 is 0 Å². The van der Waals surface area contributed by atoms with Gasteiger partial charge in [-0.1, -0.05) is 38.5 Å². The molecule has 8 nitrogen and oxygen atoms in total. The summed E-state index contributed by atoms with van der Waals surface area (Å²) in [6, 6.07) is 15.0. The van der Waals surface area contributed by atoms with Gasteiger partial charge in [0, 0.05) is 16.6 Å². The first-order chi connectivity index (χ1) is 18.3. The van der Waals surface area contributed by atoms with E-state index in [2.05, 4.69) is 10.6 Å². The van der Waals surface area contributed by atoms with Crippen LogP contribution in [0.1, 0.15) is 33.1 Å². The van der Waals surface area contributed by atoms with Gasteiger partial charge in [-0.25, -0.2) is 0 Å². The molecule has 0 radical (unpaired) electrons. The number of carbonyl (C=O) groups excluding carboxylic acids is 3. The number of anilines is 2. The van der Waals surface area contributed by atoms with Crippen molar-refractivity contribution in [3.8, 4) is 5.75 Å². The maximum atomic E-state index is 14.2. The number of aliphatic hydroxyl groups excluding tert-OH is 1. The van der Waals surface area contributed by atoms with Gasteiger partial charge in [0.2, 0.25) is 17.7 Å².